The van der Waals surface area contributed by atoms with Crippen LogP contribution in [-0.4, -0.2) is 50.2 Å². The van der Waals surface area contributed by atoms with Crippen LogP contribution in [0.15, 0.2) is 36.5 Å². The maximum absolute atomic E-state index is 13.7. The first-order chi connectivity index (χ1) is 17.0. The van der Waals surface area contributed by atoms with Crippen molar-refractivity contribution < 1.29 is 28.5 Å². The van der Waals surface area contributed by atoms with Crippen LogP contribution in [0.25, 0.3) is 10.9 Å². The van der Waals surface area contributed by atoms with E-state index in [1.807, 2.05) is 10.9 Å². The number of hydrogen-bond donors (Lipinski definition) is 3. The number of aromatic nitrogens is 3. The molecule has 0 saturated heterocycles. The van der Waals surface area contributed by atoms with Gasteiger partial charge in [-0.1, -0.05) is 25.3 Å². The Morgan fingerprint density at radius 1 is 1.17 bits per heavy atom. The first kappa shape index (κ1) is 27.5. The number of nitrogens with one attached hydrogen (secondary N) is 1. The number of carbonyl (C=O) groups is 1. The molecule has 0 radical (unpaired) electrons. The molecule has 0 atom stereocenters. The van der Waals surface area contributed by atoms with Crippen LogP contribution < -0.4 is 10.1 Å². The molecule has 0 aliphatic heterocycles. The van der Waals surface area contributed by atoms with E-state index in [4.69, 9.17) is 14.9 Å². The molecule has 0 bridgehead atoms. The highest BCUT2D eigenvalue weighted by Crippen LogP contribution is 2.34. The number of rotatable bonds is 7. The van der Waals surface area contributed by atoms with Gasteiger partial charge in [0.15, 0.2) is 0 Å². The molecule has 4 rings (SSSR count). The highest BCUT2D eigenvalue weighted by atomic mass is 19.3. The van der Waals surface area contributed by atoms with Crippen molar-refractivity contribution >= 4 is 22.5 Å². The Kier molecular flexibility index (Phi) is 8.63. The summed E-state index contributed by atoms with van der Waals surface area (Å²) >= 11 is 0. The Morgan fingerprint density at radius 3 is 2.50 bits per heavy atom. The largest absolute Gasteiger partial charge is 0.488 e. The number of pyridine rings is 1. The minimum absolute atomic E-state index is 0.0134. The van der Waals surface area contributed by atoms with Crippen LogP contribution in [0.3, 0.4) is 0 Å². The third-order valence-corrected chi connectivity index (χ3v) is 5.83. The van der Waals surface area contributed by atoms with Gasteiger partial charge < -0.3 is 20.3 Å². The van der Waals surface area contributed by atoms with Gasteiger partial charge in [-0.3, -0.25) is 9.48 Å². The van der Waals surface area contributed by atoms with Gasteiger partial charge in [-0.05, 0) is 44.9 Å². The smallest absolute Gasteiger partial charge is 0.287 e. The Bertz CT molecular complexity index is 1180. The molecule has 1 saturated carbocycles. The number of benzene rings is 1. The summed E-state index contributed by atoms with van der Waals surface area (Å²) in [4.78, 5) is 16.7. The monoisotopic (exact) mass is 504 g/mol. The number of anilines is 1. The maximum Gasteiger partial charge on any atom is 0.287 e. The molecule has 2 heterocycles. The molecule has 3 aromatic rings. The van der Waals surface area contributed by atoms with Gasteiger partial charge in [0.25, 0.3) is 11.8 Å². The van der Waals surface area contributed by atoms with E-state index in [1.54, 1.807) is 26.0 Å². The molecule has 36 heavy (non-hydrogen) atoms. The first-order valence-electron chi connectivity index (χ1n) is 12.0. The number of nitrogens with zero attached hydrogens (tertiary/aromatic N) is 3. The van der Waals surface area contributed by atoms with Crippen molar-refractivity contribution in [1.29, 1.82) is 0 Å². The molecule has 0 unspecified atom stereocenters. The Hall–Kier alpha value is -3.11. The lowest BCUT2D eigenvalue weighted by Crippen LogP contribution is -2.28. The summed E-state index contributed by atoms with van der Waals surface area (Å²) in [6.07, 6.45) is 7.68. The highest BCUT2D eigenvalue weighted by Gasteiger charge is 2.27. The van der Waals surface area contributed by atoms with Crippen LogP contribution in [0.2, 0.25) is 0 Å². The molecule has 1 aliphatic carbocycles. The van der Waals surface area contributed by atoms with Crippen molar-refractivity contribution in [1.82, 2.24) is 14.8 Å². The van der Waals surface area contributed by atoms with E-state index >= 15 is 0 Å². The molecule has 2 aromatic heterocycles. The number of amides is 1. The number of aliphatic hydroxyl groups is 2. The van der Waals surface area contributed by atoms with Crippen molar-refractivity contribution in [2.45, 2.75) is 70.4 Å². The predicted molar refractivity (Wildman–Crippen MR) is 134 cm³/mol. The quantitative estimate of drug-likeness (QED) is 0.415. The first-order valence-corrected chi connectivity index (χ1v) is 12.0. The van der Waals surface area contributed by atoms with Crippen LogP contribution in [0.4, 0.5) is 14.5 Å². The van der Waals surface area contributed by atoms with Gasteiger partial charge in [-0.2, -0.15) is 13.9 Å². The van der Waals surface area contributed by atoms with Crippen LogP contribution in [0.5, 0.6) is 5.75 Å². The lowest BCUT2D eigenvalue weighted by atomic mass is 9.96. The predicted octanol–water partition coefficient (Wildman–Crippen LogP) is 5.06. The van der Waals surface area contributed by atoms with Crippen LogP contribution in [0.1, 0.15) is 75.1 Å². The van der Waals surface area contributed by atoms with E-state index in [2.05, 4.69) is 10.3 Å². The van der Waals surface area contributed by atoms with Gasteiger partial charge in [0.05, 0.1) is 22.8 Å². The summed E-state index contributed by atoms with van der Waals surface area (Å²) in [7, 11) is 1.00. The van der Waals surface area contributed by atoms with E-state index in [-0.39, 0.29) is 12.3 Å². The fourth-order valence-electron chi connectivity index (χ4n) is 4.07. The van der Waals surface area contributed by atoms with Crippen molar-refractivity contribution in [3.63, 3.8) is 0 Å². The van der Waals surface area contributed by atoms with Gasteiger partial charge in [-0.25, -0.2) is 4.98 Å². The lowest BCUT2D eigenvalue weighted by Gasteiger charge is -2.21. The van der Waals surface area contributed by atoms with E-state index in [1.165, 1.54) is 37.5 Å². The van der Waals surface area contributed by atoms with E-state index in [0.717, 1.165) is 32.3 Å². The van der Waals surface area contributed by atoms with Gasteiger partial charge in [0.1, 0.15) is 23.7 Å². The van der Waals surface area contributed by atoms with E-state index in [9.17, 15) is 18.7 Å². The number of hydrogen-bond acceptors (Lipinski definition) is 6. The zero-order chi connectivity index (χ0) is 26.5. The molecule has 10 heteroatoms. The van der Waals surface area contributed by atoms with Crippen molar-refractivity contribution in [2.75, 3.05) is 19.0 Å². The molecule has 1 amide bonds. The summed E-state index contributed by atoms with van der Waals surface area (Å²) < 4.78 is 35.2. The van der Waals surface area contributed by atoms with Crippen molar-refractivity contribution in [3.8, 4) is 5.75 Å². The summed E-state index contributed by atoms with van der Waals surface area (Å²) in [5, 5.41) is 25.4. The highest BCUT2D eigenvalue weighted by molar-refractivity contribution is 6.05. The molecule has 0 spiro atoms. The normalized spacial score (nSPS) is 14.8. The third-order valence-electron chi connectivity index (χ3n) is 5.83. The Labute approximate surface area is 209 Å². The summed E-state index contributed by atoms with van der Waals surface area (Å²) in [6.45, 7) is 3.95. The number of alkyl halides is 2. The maximum atomic E-state index is 13.7. The Morgan fingerprint density at radius 2 is 1.86 bits per heavy atom. The standard InChI is InChI=1S/C25H30F2N4O3.CH4O/c1-24(2,33)15-34-21-13-19-16(14-31(30-19)17-8-5-4-6-9-17)12-20(21)29-23(32)18-10-7-11-22(28-18)25(3,26)27;1-2/h7,10-14,17,33H,4-6,8-9,15H2,1-3H3,(H,29,32);2H,1H3. The fourth-order valence-corrected chi connectivity index (χ4v) is 4.07. The number of carbonyl (C=O) groups excluding carboxylic acids is 1. The molecular weight excluding hydrogens is 470 g/mol. The minimum atomic E-state index is -3.16. The minimum Gasteiger partial charge on any atom is -0.488 e. The molecular formula is C26H34F2N4O4. The van der Waals surface area contributed by atoms with Crippen molar-refractivity contribution in [3.05, 3.63) is 47.9 Å². The summed E-state index contributed by atoms with van der Waals surface area (Å²) in [5.74, 6) is -3.48. The Balaban J connectivity index is 0.00000176. The average Bonchev–Trinajstić information content (AvgIpc) is 3.26. The van der Waals surface area contributed by atoms with Crippen LogP contribution >= 0.6 is 0 Å². The summed E-state index contributed by atoms with van der Waals surface area (Å²) in [5.41, 5.74) is -0.658. The molecule has 8 nitrogen and oxygen atoms in total. The number of aliphatic hydroxyl groups excluding tert-OH is 1. The topological polar surface area (TPSA) is 110 Å². The van der Waals surface area contributed by atoms with Crippen LogP contribution in [0, 0.1) is 0 Å². The fraction of sp³-hybridized carbons (Fsp3) is 0.500. The van der Waals surface area contributed by atoms with Crippen molar-refractivity contribution in [2.24, 2.45) is 0 Å². The zero-order valence-electron chi connectivity index (χ0n) is 21.1. The lowest BCUT2D eigenvalue weighted by molar-refractivity contribution is 0.0126. The molecule has 1 aliphatic rings. The second kappa shape index (κ2) is 11.3. The number of ether oxygens (including phenoxy) is 1. The second-order valence-electron chi connectivity index (χ2n) is 9.66. The number of fused-ring (bicyclic) bond motifs is 1. The second-order valence-corrected chi connectivity index (χ2v) is 9.66. The SMILES string of the molecule is CC(C)(O)COc1cc2nn(C3CCCCC3)cc2cc1NC(=O)c1cccc(C(C)(F)F)n1.CO. The van der Waals surface area contributed by atoms with E-state index < -0.39 is 23.1 Å². The van der Waals surface area contributed by atoms with Gasteiger partial charge in [0, 0.05) is 31.7 Å². The molecule has 1 aromatic carbocycles. The molecule has 3 N–H and O–H groups in total. The zero-order valence-corrected chi connectivity index (χ0v) is 21.1. The van der Waals surface area contributed by atoms with Gasteiger partial charge in [-0.15, -0.1) is 0 Å². The van der Waals surface area contributed by atoms with Gasteiger partial charge >= 0.3 is 0 Å². The summed E-state index contributed by atoms with van der Waals surface area (Å²) in [6, 6.07) is 7.74. The van der Waals surface area contributed by atoms with Crippen LogP contribution in [-0.2, 0) is 5.92 Å². The number of halogens is 2. The van der Waals surface area contributed by atoms with E-state index in [0.29, 0.717) is 23.0 Å². The average molecular weight is 505 g/mol. The third kappa shape index (κ3) is 6.98. The molecule has 1 fully saturated rings. The van der Waals surface area contributed by atoms with Gasteiger partial charge in [0.2, 0.25) is 0 Å². The molecule has 196 valence electrons.